The van der Waals surface area contributed by atoms with Gasteiger partial charge in [0, 0.05) is 49.3 Å². The minimum atomic E-state index is 0. The van der Waals surface area contributed by atoms with E-state index in [9.17, 15) is 9.90 Å². The molecule has 0 bridgehead atoms. The number of carbonyl (C=O) groups excluding carboxylic acids is 1. The van der Waals surface area contributed by atoms with Crippen molar-refractivity contribution >= 4 is 16.6 Å². The molecule has 4 nitrogen and oxygen atoms in total. The van der Waals surface area contributed by atoms with Crippen LogP contribution in [-0.4, -0.2) is 20.9 Å². The van der Waals surface area contributed by atoms with Gasteiger partial charge in [-0.1, -0.05) is 94.5 Å². The van der Waals surface area contributed by atoms with Gasteiger partial charge in [0.2, 0.25) is 0 Å². The second-order valence-electron chi connectivity index (χ2n) is 12.0. The molecule has 5 rings (SSSR count). The number of aliphatic hydroxyl groups excluding tert-OH is 1. The number of hydrogen-bond donors (Lipinski definition) is 1. The van der Waals surface area contributed by atoms with Gasteiger partial charge in [0.25, 0.3) is 0 Å². The maximum atomic E-state index is 11.7. The number of nitrogens with zero attached hydrogens (tertiary/aromatic N) is 2. The van der Waals surface area contributed by atoms with Crippen LogP contribution in [0.25, 0.3) is 33.3 Å². The SMILES string of the molecule is CCC(CC)C(=O)/C=C(\O)C(CC)CC.Cc1ccc2c(c1)CCc1c(-c3[c-]c4ccccc4c(C(C)C)c3)ncnc1-2.[Ir]. The first-order chi connectivity index (χ1) is 20.7. The second-order valence-corrected chi connectivity index (χ2v) is 12.0. The normalized spacial score (nSPS) is 12.5. The summed E-state index contributed by atoms with van der Waals surface area (Å²) in [6.07, 6.45) is 8.62. The Morgan fingerprint density at radius 2 is 1.57 bits per heavy atom. The van der Waals surface area contributed by atoms with Crippen LogP contribution in [0.3, 0.4) is 0 Å². The standard InChI is InChI=1S/C26H23N2.C13H24O2.Ir/c1-16(2)24-14-20(13-18-6-4-5-7-21(18)24)25-23-11-9-19-12-17(3)8-10-22(19)26(23)28-15-27-25;1-5-10(6-2)12(14)9-13(15)11(7-3)8-4;/h4-8,10,12,14-16H,9,11H2,1-3H3;9-11,14H,5-8H2,1-4H3;/q-1;;/b;12-9-;. The molecule has 0 unspecified atom stereocenters. The van der Waals surface area contributed by atoms with Crippen LogP contribution < -0.4 is 0 Å². The average molecular weight is 768 g/mol. The molecule has 1 aliphatic carbocycles. The van der Waals surface area contributed by atoms with Gasteiger partial charge in [-0.2, -0.15) is 0 Å². The number of rotatable bonds is 9. The fourth-order valence-electron chi connectivity index (χ4n) is 6.18. The van der Waals surface area contributed by atoms with E-state index < -0.39 is 0 Å². The third-order valence-corrected chi connectivity index (χ3v) is 8.87. The molecule has 0 amide bonds. The van der Waals surface area contributed by atoms with E-state index in [2.05, 4.69) is 80.4 Å². The summed E-state index contributed by atoms with van der Waals surface area (Å²) < 4.78 is 0. The zero-order chi connectivity index (χ0) is 31.1. The Balaban J connectivity index is 0.000000286. The first kappa shape index (κ1) is 35.3. The van der Waals surface area contributed by atoms with Crippen LogP contribution in [0.2, 0.25) is 0 Å². The van der Waals surface area contributed by atoms with Crippen molar-refractivity contribution in [3.05, 3.63) is 95.0 Å². The van der Waals surface area contributed by atoms with Crippen LogP contribution in [0.1, 0.15) is 95.4 Å². The number of benzene rings is 3. The quantitative estimate of drug-likeness (QED) is 0.105. The number of hydrogen-bond acceptors (Lipinski definition) is 4. The first-order valence-electron chi connectivity index (χ1n) is 16.1. The van der Waals surface area contributed by atoms with Crippen LogP contribution in [-0.2, 0) is 37.7 Å². The summed E-state index contributed by atoms with van der Waals surface area (Å²) in [7, 11) is 0. The molecule has 4 aromatic rings. The van der Waals surface area contributed by atoms with E-state index in [1.54, 1.807) is 6.33 Å². The number of fused-ring (bicyclic) bond motifs is 4. The smallest absolute Gasteiger partial charge is 0.162 e. The van der Waals surface area contributed by atoms with E-state index in [1.807, 2.05) is 27.7 Å². The van der Waals surface area contributed by atoms with Gasteiger partial charge >= 0.3 is 0 Å². The molecule has 1 heterocycles. The molecular weight excluding hydrogens is 721 g/mol. The fourth-order valence-corrected chi connectivity index (χ4v) is 6.18. The van der Waals surface area contributed by atoms with E-state index in [0.717, 1.165) is 60.9 Å². The molecule has 1 radical (unpaired) electrons. The molecule has 1 aromatic heterocycles. The Labute approximate surface area is 277 Å². The monoisotopic (exact) mass is 768 g/mol. The van der Waals surface area contributed by atoms with Gasteiger partial charge in [-0.05, 0) is 62.5 Å². The van der Waals surface area contributed by atoms with Crippen molar-refractivity contribution in [1.82, 2.24) is 9.97 Å². The summed E-state index contributed by atoms with van der Waals surface area (Å²) in [5, 5.41) is 12.2. The average Bonchev–Trinajstić information content (AvgIpc) is 3.01. The van der Waals surface area contributed by atoms with Crippen LogP contribution in [0, 0.1) is 24.8 Å². The Morgan fingerprint density at radius 1 is 0.909 bits per heavy atom. The molecule has 5 heteroatoms. The van der Waals surface area contributed by atoms with Gasteiger partial charge in [-0.25, -0.2) is 4.98 Å². The van der Waals surface area contributed by atoms with Crippen molar-refractivity contribution in [3.63, 3.8) is 0 Å². The minimum absolute atomic E-state index is 0. The number of aryl methyl sites for hydroxylation is 2. The van der Waals surface area contributed by atoms with E-state index in [1.165, 1.54) is 39.3 Å². The Kier molecular flexibility index (Phi) is 13.1. The molecule has 235 valence electrons. The van der Waals surface area contributed by atoms with Gasteiger partial charge in [-0.3, -0.25) is 9.78 Å². The molecule has 1 N–H and O–H groups in total. The van der Waals surface area contributed by atoms with E-state index in [4.69, 9.17) is 4.98 Å². The Bertz CT molecular complexity index is 1600. The van der Waals surface area contributed by atoms with Crippen LogP contribution in [0.5, 0.6) is 0 Å². The van der Waals surface area contributed by atoms with Crippen LogP contribution in [0.15, 0.2) is 66.7 Å². The zero-order valence-electron chi connectivity index (χ0n) is 27.3. The second kappa shape index (κ2) is 16.3. The van der Waals surface area contributed by atoms with Crippen molar-refractivity contribution in [1.29, 1.82) is 0 Å². The molecule has 1 aliphatic rings. The summed E-state index contributed by atoms with van der Waals surface area (Å²) in [5.74, 6) is 0.991. The molecule has 0 saturated heterocycles. The molecular formula is C39H47IrN2O2-. The summed E-state index contributed by atoms with van der Waals surface area (Å²) in [5.41, 5.74) is 9.74. The van der Waals surface area contributed by atoms with Gasteiger partial charge < -0.3 is 5.11 Å². The van der Waals surface area contributed by atoms with Crippen molar-refractivity contribution in [3.8, 4) is 22.5 Å². The van der Waals surface area contributed by atoms with Crippen LogP contribution in [0.4, 0.5) is 0 Å². The van der Waals surface area contributed by atoms with E-state index in [-0.39, 0.29) is 43.5 Å². The van der Waals surface area contributed by atoms with E-state index >= 15 is 0 Å². The van der Waals surface area contributed by atoms with Gasteiger partial charge in [0.1, 0.15) is 6.33 Å². The topological polar surface area (TPSA) is 63.1 Å². The van der Waals surface area contributed by atoms with Crippen molar-refractivity contribution in [2.45, 2.75) is 92.9 Å². The van der Waals surface area contributed by atoms with Gasteiger partial charge in [0.15, 0.2) is 5.78 Å². The van der Waals surface area contributed by atoms with Gasteiger partial charge in [0.05, 0.1) is 11.5 Å². The molecule has 3 aromatic carbocycles. The molecule has 0 spiro atoms. The summed E-state index contributed by atoms with van der Waals surface area (Å²) >= 11 is 0. The number of carbonyl (C=O) groups is 1. The predicted octanol–water partition coefficient (Wildman–Crippen LogP) is 10.2. The van der Waals surface area contributed by atoms with Crippen molar-refractivity contribution in [2.24, 2.45) is 11.8 Å². The molecule has 0 saturated carbocycles. The maximum Gasteiger partial charge on any atom is 0.162 e. The Morgan fingerprint density at radius 3 is 2.23 bits per heavy atom. The molecule has 0 atom stereocenters. The fraction of sp³-hybridized carbons (Fsp3) is 0.410. The largest absolute Gasteiger partial charge is 0.512 e. The third-order valence-electron chi connectivity index (χ3n) is 8.87. The molecule has 0 aliphatic heterocycles. The van der Waals surface area contributed by atoms with Crippen molar-refractivity contribution in [2.75, 3.05) is 0 Å². The van der Waals surface area contributed by atoms with Crippen molar-refractivity contribution < 1.29 is 30.0 Å². The third kappa shape index (κ3) is 7.92. The number of allylic oxidation sites excluding steroid dienone is 2. The maximum absolute atomic E-state index is 11.7. The van der Waals surface area contributed by atoms with Gasteiger partial charge in [-0.15, -0.1) is 29.1 Å². The molecule has 0 fully saturated rings. The minimum Gasteiger partial charge on any atom is -0.512 e. The molecule has 44 heavy (non-hydrogen) atoms. The first-order valence-corrected chi connectivity index (χ1v) is 16.1. The van der Waals surface area contributed by atoms with E-state index in [0.29, 0.717) is 5.92 Å². The number of aliphatic hydroxyl groups is 1. The number of ketones is 1. The number of aromatic nitrogens is 2. The zero-order valence-corrected chi connectivity index (χ0v) is 29.7. The summed E-state index contributed by atoms with van der Waals surface area (Å²) in [4.78, 5) is 21.1. The van der Waals surface area contributed by atoms with Crippen LogP contribution >= 0.6 is 0 Å². The summed E-state index contributed by atoms with van der Waals surface area (Å²) in [6.45, 7) is 14.7. The summed E-state index contributed by atoms with van der Waals surface area (Å²) in [6, 6.07) is 21.1. The Hall–Kier alpha value is -3.14. The predicted molar refractivity (Wildman–Crippen MR) is 179 cm³/mol.